The molecule has 0 radical (unpaired) electrons. The molecule has 0 unspecified atom stereocenters. The van der Waals surface area contributed by atoms with Gasteiger partial charge in [0.2, 0.25) is 0 Å². The quantitative estimate of drug-likeness (QED) is 0.410. The maximum atomic E-state index is 3.22. The highest BCUT2D eigenvalue weighted by Gasteiger charge is 1.88. The van der Waals surface area contributed by atoms with Gasteiger partial charge in [-0.05, 0) is 19.5 Å². The summed E-state index contributed by atoms with van der Waals surface area (Å²) in [4.78, 5) is 0. The van der Waals surface area contributed by atoms with Gasteiger partial charge in [-0.3, -0.25) is 0 Å². The zero-order chi connectivity index (χ0) is 6.41. The minimum absolute atomic E-state index is 0.753. The fraction of sp³-hybridized carbons (Fsp3) is 1.00. The molecule has 0 saturated carbocycles. The van der Waals surface area contributed by atoms with Gasteiger partial charge >= 0.3 is 0 Å². The van der Waals surface area contributed by atoms with Gasteiger partial charge < -0.3 is 10.6 Å². The van der Waals surface area contributed by atoms with Crippen LogP contribution in [0, 0.1) is 5.92 Å². The molecule has 0 fully saturated rings. The highest BCUT2D eigenvalue weighted by atomic mass is 15.0. The topological polar surface area (TPSA) is 24.1 Å². The molecule has 8 heavy (non-hydrogen) atoms. The van der Waals surface area contributed by atoms with Crippen molar-refractivity contribution in [1.29, 1.82) is 0 Å². The van der Waals surface area contributed by atoms with Crippen LogP contribution in [0.1, 0.15) is 13.8 Å². The molecule has 0 amide bonds. The van der Waals surface area contributed by atoms with Crippen molar-refractivity contribution in [3.63, 3.8) is 0 Å². The molecule has 0 bridgehead atoms. The van der Waals surface area contributed by atoms with E-state index in [0.29, 0.717) is 0 Å². The molecule has 2 nitrogen and oxygen atoms in total. The molecular weight excluding hydrogens is 100 g/mol. The number of hydrogen-bond acceptors (Lipinski definition) is 2. The SMILES string of the molecule is CNCNCC(C)C. The number of rotatable bonds is 4. The van der Waals surface area contributed by atoms with Crippen LogP contribution in [0.3, 0.4) is 0 Å². The Morgan fingerprint density at radius 1 is 1.38 bits per heavy atom. The van der Waals surface area contributed by atoms with Crippen molar-refractivity contribution in [3.8, 4) is 0 Å². The van der Waals surface area contributed by atoms with Crippen LogP contribution in [-0.2, 0) is 0 Å². The van der Waals surface area contributed by atoms with E-state index in [-0.39, 0.29) is 0 Å². The summed E-state index contributed by atoms with van der Waals surface area (Å²) in [5.41, 5.74) is 0. The van der Waals surface area contributed by atoms with E-state index < -0.39 is 0 Å². The smallest absolute Gasteiger partial charge is 0.0451 e. The molecular formula is C6H16N2. The van der Waals surface area contributed by atoms with Gasteiger partial charge in [0.25, 0.3) is 0 Å². The molecule has 0 rings (SSSR count). The zero-order valence-electron chi connectivity index (χ0n) is 5.99. The number of nitrogens with one attached hydrogen (secondary N) is 2. The Labute approximate surface area is 51.7 Å². The van der Waals surface area contributed by atoms with E-state index >= 15 is 0 Å². The highest BCUT2D eigenvalue weighted by molar-refractivity contribution is 4.47. The lowest BCUT2D eigenvalue weighted by molar-refractivity contribution is 0.533. The predicted octanol–water partition coefficient (Wildman–Crippen LogP) is 0.409. The van der Waals surface area contributed by atoms with Crippen molar-refractivity contribution >= 4 is 0 Å². The van der Waals surface area contributed by atoms with E-state index in [1.807, 2.05) is 7.05 Å². The molecule has 0 aliphatic rings. The van der Waals surface area contributed by atoms with E-state index in [1.165, 1.54) is 0 Å². The Balaban J connectivity index is 2.72. The van der Waals surface area contributed by atoms with Gasteiger partial charge in [0, 0.05) is 6.67 Å². The van der Waals surface area contributed by atoms with Crippen molar-refractivity contribution in [2.75, 3.05) is 20.3 Å². The van der Waals surface area contributed by atoms with Crippen LogP contribution >= 0.6 is 0 Å². The van der Waals surface area contributed by atoms with Gasteiger partial charge in [-0.25, -0.2) is 0 Å². The average molecular weight is 116 g/mol. The summed E-state index contributed by atoms with van der Waals surface area (Å²) in [6.07, 6.45) is 0. The predicted molar refractivity (Wildman–Crippen MR) is 36.8 cm³/mol. The number of hydrogen-bond donors (Lipinski definition) is 2. The summed E-state index contributed by atoms with van der Waals surface area (Å²) in [6, 6.07) is 0. The van der Waals surface area contributed by atoms with E-state index in [0.717, 1.165) is 19.1 Å². The first kappa shape index (κ1) is 7.92. The second kappa shape index (κ2) is 5.06. The summed E-state index contributed by atoms with van der Waals surface area (Å²) >= 11 is 0. The summed E-state index contributed by atoms with van der Waals surface area (Å²) in [5, 5.41) is 6.24. The molecule has 0 atom stereocenters. The Bertz CT molecular complexity index is 43.8. The summed E-state index contributed by atoms with van der Waals surface area (Å²) in [5.74, 6) is 0.753. The van der Waals surface area contributed by atoms with E-state index in [4.69, 9.17) is 0 Å². The van der Waals surface area contributed by atoms with Crippen LogP contribution in [0.5, 0.6) is 0 Å². The largest absolute Gasteiger partial charge is 0.308 e. The lowest BCUT2D eigenvalue weighted by Crippen LogP contribution is -2.28. The minimum atomic E-state index is 0.753. The third kappa shape index (κ3) is 5.92. The first-order chi connectivity index (χ1) is 3.77. The van der Waals surface area contributed by atoms with Crippen molar-refractivity contribution in [2.24, 2.45) is 5.92 Å². The Hall–Kier alpha value is -0.0800. The molecule has 0 saturated heterocycles. The van der Waals surface area contributed by atoms with Gasteiger partial charge in [-0.1, -0.05) is 13.8 Å². The molecule has 0 aromatic rings. The molecule has 0 aromatic heterocycles. The highest BCUT2D eigenvalue weighted by Crippen LogP contribution is 1.84. The normalized spacial score (nSPS) is 10.5. The van der Waals surface area contributed by atoms with Gasteiger partial charge in [-0.2, -0.15) is 0 Å². The summed E-state index contributed by atoms with van der Waals surface area (Å²) in [6.45, 7) is 6.41. The Kier molecular flexibility index (Phi) is 5.01. The fourth-order valence-corrected chi connectivity index (χ4v) is 0.486. The molecule has 0 spiro atoms. The maximum Gasteiger partial charge on any atom is 0.0451 e. The zero-order valence-corrected chi connectivity index (χ0v) is 5.99. The van der Waals surface area contributed by atoms with Gasteiger partial charge in [-0.15, -0.1) is 0 Å². The molecule has 0 aromatic carbocycles. The van der Waals surface area contributed by atoms with Crippen molar-refractivity contribution in [2.45, 2.75) is 13.8 Å². The Morgan fingerprint density at radius 2 is 2.00 bits per heavy atom. The van der Waals surface area contributed by atoms with E-state index in [2.05, 4.69) is 24.5 Å². The van der Waals surface area contributed by atoms with Crippen LogP contribution in [0.25, 0.3) is 0 Å². The van der Waals surface area contributed by atoms with Crippen LogP contribution in [0.4, 0.5) is 0 Å². The van der Waals surface area contributed by atoms with Crippen LogP contribution in [0.2, 0.25) is 0 Å². The van der Waals surface area contributed by atoms with Crippen molar-refractivity contribution in [1.82, 2.24) is 10.6 Å². The molecule has 2 heteroatoms. The first-order valence-electron chi connectivity index (χ1n) is 3.12. The average Bonchev–Trinajstić information content (AvgIpc) is 1.66. The third-order valence-corrected chi connectivity index (χ3v) is 0.854. The van der Waals surface area contributed by atoms with Crippen LogP contribution in [-0.4, -0.2) is 20.3 Å². The van der Waals surface area contributed by atoms with Gasteiger partial charge in [0.15, 0.2) is 0 Å². The molecule has 0 aliphatic heterocycles. The lowest BCUT2D eigenvalue weighted by atomic mass is 10.2. The summed E-state index contributed by atoms with van der Waals surface area (Å²) in [7, 11) is 1.94. The van der Waals surface area contributed by atoms with Crippen LogP contribution in [0.15, 0.2) is 0 Å². The lowest BCUT2D eigenvalue weighted by Gasteiger charge is -2.04. The van der Waals surface area contributed by atoms with Gasteiger partial charge in [0.05, 0.1) is 0 Å². The minimum Gasteiger partial charge on any atom is -0.308 e. The first-order valence-corrected chi connectivity index (χ1v) is 3.12. The van der Waals surface area contributed by atoms with Crippen molar-refractivity contribution in [3.05, 3.63) is 0 Å². The molecule has 0 heterocycles. The molecule has 50 valence electrons. The van der Waals surface area contributed by atoms with Gasteiger partial charge in [0.1, 0.15) is 0 Å². The second-order valence-electron chi connectivity index (χ2n) is 2.38. The van der Waals surface area contributed by atoms with E-state index in [9.17, 15) is 0 Å². The Morgan fingerprint density at radius 3 is 2.38 bits per heavy atom. The molecule has 2 N–H and O–H groups in total. The molecule has 0 aliphatic carbocycles. The van der Waals surface area contributed by atoms with E-state index in [1.54, 1.807) is 0 Å². The summed E-state index contributed by atoms with van der Waals surface area (Å²) < 4.78 is 0. The van der Waals surface area contributed by atoms with Crippen LogP contribution < -0.4 is 10.6 Å². The maximum absolute atomic E-state index is 3.22. The monoisotopic (exact) mass is 116 g/mol. The standard InChI is InChI=1S/C6H16N2/c1-6(2)4-8-5-7-3/h6-8H,4-5H2,1-3H3. The fourth-order valence-electron chi connectivity index (χ4n) is 0.486. The third-order valence-electron chi connectivity index (χ3n) is 0.854. The van der Waals surface area contributed by atoms with Crippen molar-refractivity contribution < 1.29 is 0 Å². The second-order valence-corrected chi connectivity index (χ2v) is 2.38.